The first-order valence-electron chi connectivity index (χ1n) is 9.19. The molecule has 1 aromatic heterocycles. The number of carbonyl (C=O) groups excluding carboxylic acids is 1. The first-order chi connectivity index (χ1) is 12.8. The normalized spacial score (nSPS) is 22.8. The molecule has 0 unspecified atom stereocenters. The van der Waals surface area contributed by atoms with E-state index in [2.05, 4.69) is 27.7 Å². The molecule has 2 aliphatic rings. The van der Waals surface area contributed by atoms with E-state index < -0.39 is 6.10 Å². The third-order valence-corrected chi connectivity index (χ3v) is 5.79. The Bertz CT molecular complexity index is 734. The Hall–Kier alpha value is -2.05. The van der Waals surface area contributed by atoms with E-state index >= 15 is 0 Å². The SMILES string of the molecule is O=C(NC[C@@H]1CCCN(Cc2cccs2)C1)[C@@H]1COc2ccccc2O1. The quantitative estimate of drug-likeness (QED) is 0.877. The maximum Gasteiger partial charge on any atom is 0.264 e. The molecule has 6 heteroatoms. The number of piperidine rings is 1. The Morgan fingerprint density at radius 1 is 1.23 bits per heavy atom. The lowest BCUT2D eigenvalue weighted by atomic mass is 9.98. The summed E-state index contributed by atoms with van der Waals surface area (Å²) in [5.41, 5.74) is 0. The number of benzene rings is 1. The van der Waals surface area contributed by atoms with Gasteiger partial charge in [0.15, 0.2) is 11.5 Å². The predicted octanol–water partition coefficient (Wildman–Crippen LogP) is 2.92. The summed E-state index contributed by atoms with van der Waals surface area (Å²) >= 11 is 1.81. The minimum absolute atomic E-state index is 0.0881. The molecular weight excluding hydrogens is 348 g/mol. The summed E-state index contributed by atoms with van der Waals surface area (Å²) in [6.07, 6.45) is 1.77. The van der Waals surface area contributed by atoms with Crippen LogP contribution in [-0.4, -0.2) is 43.2 Å². The predicted molar refractivity (Wildman–Crippen MR) is 102 cm³/mol. The summed E-state index contributed by atoms with van der Waals surface area (Å²) in [4.78, 5) is 16.4. The van der Waals surface area contributed by atoms with Crippen molar-refractivity contribution in [1.82, 2.24) is 10.2 Å². The van der Waals surface area contributed by atoms with Gasteiger partial charge in [0.1, 0.15) is 6.61 Å². The summed E-state index contributed by atoms with van der Waals surface area (Å²) in [5.74, 6) is 1.74. The van der Waals surface area contributed by atoms with Crippen molar-refractivity contribution >= 4 is 17.2 Å². The summed E-state index contributed by atoms with van der Waals surface area (Å²) < 4.78 is 11.4. The van der Waals surface area contributed by atoms with E-state index in [9.17, 15) is 4.79 Å². The van der Waals surface area contributed by atoms with Gasteiger partial charge in [0, 0.05) is 24.5 Å². The van der Waals surface area contributed by atoms with Gasteiger partial charge in [-0.25, -0.2) is 0 Å². The third kappa shape index (κ3) is 4.19. The second-order valence-electron chi connectivity index (χ2n) is 6.93. The van der Waals surface area contributed by atoms with Crippen LogP contribution in [0.1, 0.15) is 17.7 Å². The number of ether oxygens (including phenoxy) is 2. The van der Waals surface area contributed by atoms with Crippen molar-refractivity contribution in [3.05, 3.63) is 46.7 Å². The lowest BCUT2D eigenvalue weighted by Gasteiger charge is -2.33. The van der Waals surface area contributed by atoms with Crippen LogP contribution in [0.15, 0.2) is 41.8 Å². The minimum Gasteiger partial charge on any atom is -0.485 e. The van der Waals surface area contributed by atoms with E-state index in [0.29, 0.717) is 24.0 Å². The highest BCUT2D eigenvalue weighted by atomic mass is 32.1. The zero-order chi connectivity index (χ0) is 17.8. The second kappa shape index (κ2) is 8.10. The van der Waals surface area contributed by atoms with Crippen LogP contribution in [0.3, 0.4) is 0 Å². The van der Waals surface area contributed by atoms with Gasteiger partial charge in [0.05, 0.1) is 0 Å². The number of rotatable bonds is 5. The monoisotopic (exact) mass is 372 g/mol. The van der Waals surface area contributed by atoms with E-state index in [1.165, 1.54) is 11.3 Å². The smallest absolute Gasteiger partial charge is 0.264 e. The molecule has 1 fully saturated rings. The van der Waals surface area contributed by atoms with E-state index in [4.69, 9.17) is 9.47 Å². The molecule has 26 heavy (non-hydrogen) atoms. The maximum absolute atomic E-state index is 12.5. The van der Waals surface area contributed by atoms with Crippen molar-refractivity contribution in [2.75, 3.05) is 26.2 Å². The molecule has 0 bridgehead atoms. The first-order valence-corrected chi connectivity index (χ1v) is 10.1. The van der Waals surface area contributed by atoms with Gasteiger partial charge in [-0.2, -0.15) is 0 Å². The number of fused-ring (bicyclic) bond motifs is 1. The lowest BCUT2D eigenvalue weighted by molar-refractivity contribution is -0.130. The molecule has 3 heterocycles. The molecular formula is C20H24N2O3S. The third-order valence-electron chi connectivity index (χ3n) is 4.93. The van der Waals surface area contributed by atoms with E-state index in [1.807, 2.05) is 35.6 Å². The first kappa shape index (κ1) is 17.4. The molecule has 138 valence electrons. The molecule has 5 nitrogen and oxygen atoms in total. The molecule has 0 spiro atoms. The molecule has 2 atom stereocenters. The van der Waals surface area contributed by atoms with Crippen molar-refractivity contribution in [2.45, 2.75) is 25.5 Å². The topological polar surface area (TPSA) is 50.8 Å². The highest BCUT2D eigenvalue weighted by Crippen LogP contribution is 2.30. The molecule has 1 saturated heterocycles. The van der Waals surface area contributed by atoms with Crippen LogP contribution in [0.2, 0.25) is 0 Å². The van der Waals surface area contributed by atoms with E-state index in [-0.39, 0.29) is 12.5 Å². The number of nitrogens with one attached hydrogen (secondary N) is 1. The number of nitrogens with zero attached hydrogens (tertiary/aromatic N) is 1. The van der Waals surface area contributed by atoms with Crippen molar-refractivity contribution in [2.24, 2.45) is 5.92 Å². The molecule has 0 saturated carbocycles. The largest absolute Gasteiger partial charge is 0.485 e. The fourth-order valence-electron chi connectivity index (χ4n) is 3.59. The van der Waals surface area contributed by atoms with E-state index in [0.717, 1.165) is 26.1 Å². The van der Waals surface area contributed by atoms with Crippen molar-refractivity contribution < 1.29 is 14.3 Å². The maximum atomic E-state index is 12.5. The van der Waals surface area contributed by atoms with Crippen LogP contribution in [0, 0.1) is 5.92 Å². The highest BCUT2D eigenvalue weighted by Gasteiger charge is 2.28. The lowest BCUT2D eigenvalue weighted by Crippen LogP contribution is -2.47. The number of thiophene rings is 1. The number of carbonyl (C=O) groups is 1. The summed E-state index contributed by atoms with van der Waals surface area (Å²) in [6.45, 7) is 4.14. The molecule has 0 radical (unpaired) electrons. The van der Waals surface area contributed by atoms with Crippen LogP contribution in [0.4, 0.5) is 0 Å². The summed E-state index contributed by atoms with van der Waals surface area (Å²) in [5, 5.41) is 5.19. The standard InChI is InChI=1S/C20H24N2O3S/c23-20(19-14-24-17-7-1-2-8-18(17)25-19)21-11-15-5-3-9-22(12-15)13-16-6-4-10-26-16/h1-2,4,6-8,10,15,19H,3,5,9,11-14H2,(H,21,23)/t15-,19-/m0/s1. The summed E-state index contributed by atoms with van der Waals surface area (Å²) in [7, 11) is 0. The fraction of sp³-hybridized carbons (Fsp3) is 0.450. The van der Waals surface area contributed by atoms with E-state index in [1.54, 1.807) is 0 Å². The van der Waals surface area contributed by atoms with Gasteiger partial charge in [-0.15, -0.1) is 11.3 Å². The number of amides is 1. The molecule has 1 aromatic carbocycles. The van der Waals surface area contributed by atoms with Crippen molar-refractivity contribution in [3.63, 3.8) is 0 Å². The Kier molecular flexibility index (Phi) is 5.41. The van der Waals surface area contributed by atoms with Gasteiger partial charge in [0.25, 0.3) is 5.91 Å². The molecule has 1 N–H and O–H groups in total. The zero-order valence-electron chi connectivity index (χ0n) is 14.7. The van der Waals surface area contributed by atoms with Crippen molar-refractivity contribution in [3.8, 4) is 11.5 Å². The molecule has 2 aliphatic heterocycles. The average Bonchev–Trinajstić information content (AvgIpc) is 3.19. The fourth-order valence-corrected chi connectivity index (χ4v) is 4.34. The number of likely N-dealkylation sites (tertiary alicyclic amines) is 1. The number of hydrogen-bond donors (Lipinski definition) is 1. The Labute approximate surface area is 157 Å². The average molecular weight is 372 g/mol. The Balaban J connectivity index is 1.25. The second-order valence-corrected chi connectivity index (χ2v) is 7.96. The number of hydrogen-bond acceptors (Lipinski definition) is 5. The Morgan fingerprint density at radius 3 is 2.96 bits per heavy atom. The summed E-state index contributed by atoms with van der Waals surface area (Å²) in [6, 6.07) is 11.8. The van der Waals surface area contributed by atoms with Gasteiger partial charge in [-0.3, -0.25) is 9.69 Å². The van der Waals surface area contributed by atoms with Crippen LogP contribution in [0.5, 0.6) is 11.5 Å². The van der Waals surface area contributed by atoms with Gasteiger partial charge < -0.3 is 14.8 Å². The van der Waals surface area contributed by atoms with Crippen LogP contribution in [-0.2, 0) is 11.3 Å². The molecule has 0 aliphatic carbocycles. The minimum atomic E-state index is -0.573. The van der Waals surface area contributed by atoms with Crippen LogP contribution < -0.4 is 14.8 Å². The number of para-hydroxylation sites is 2. The van der Waals surface area contributed by atoms with Crippen molar-refractivity contribution in [1.29, 1.82) is 0 Å². The Morgan fingerprint density at radius 2 is 2.12 bits per heavy atom. The van der Waals surface area contributed by atoms with Gasteiger partial charge in [0.2, 0.25) is 6.10 Å². The molecule has 1 amide bonds. The zero-order valence-corrected chi connectivity index (χ0v) is 15.5. The molecule has 2 aromatic rings. The van der Waals surface area contributed by atoms with Crippen LogP contribution >= 0.6 is 11.3 Å². The van der Waals surface area contributed by atoms with Crippen LogP contribution in [0.25, 0.3) is 0 Å². The molecule has 4 rings (SSSR count). The van der Waals surface area contributed by atoms with Gasteiger partial charge >= 0.3 is 0 Å². The van der Waals surface area contributed by atoms with Gasteiger partial charge in [-0.1, -0.05) is 18.2 Å². The van der Waals surface area contributed by atoms with Gasteiger partial charge in [-0.05, 0) is 48.9 Å². The highest BCUT2D eigenvalue weighted by molar-refractivity contribution is 7.09.